The number of nitrogens with zero attached hydrogens (tertiary/aromatic N) is 2. The molecule has 0 aliphatic carbocycles. The molecule has 0 spiro atoms. The molecule has 1 amide bonds. The molecular formula is C12H12N2O. The van der Waals surface area contributed by atoms with Crippen molar-refractivity contribution in [2.24, 2.45) is 0 Å². The molecule has 0 bridgehead atoms. The second kappa shape index (κ2) is 3.74. The second-order valence-corrected chi connectivity index (χ2v) is 3.81. The van der Waals surface area contributed by atoms with E-state index in [0.717, 1.165) is 12.1 Å². The summed E-state index contributed by atoms with van der Waals surface area (Å²) in [5.74, 6) is 0.173. The molecule has 0 radical (unpaired) electrons. The van der Waals surface area contributed by atoms with Crippen LogP contribution in [0.3, 0.4) is 0 Å². The first-order valence-electron chi connectivity index (χ1n) is 5.04. The Labute approximate surface area is 88.9 Å². The van der Waals surface area contributed by atoms with Crippen molar-refractivity contribution in [2.75, 3.05) is 4.90 Å². The summed E-state index contributed by atoms with van der Waals surface area (Å²) in [6.45, 7) is 2.04. The van der Waals surface area contributed by atoms with E-state index in [9.17, 15) is 4.79 Å². The summed E-state index contributed by atoms with van der Waals surface area (Å²) in [6, 6.07) is 9.48. The zero-order chi connectivity index (χ0) is 10.8. The van der Waals surface area contributed by atoms with E-state index in [1.54, 1.807) is 17.0 Å². The van der Waals surface area contributed by atoms with E-state index >= 15 is 0 Å². The van der Waals surface area contributed by atoms with Crippen molar-refractivity contribution in [3.8, 4) is 6.07 Å². The fraction of sp³-hybridized carbons (Fsp3) is 0.333. The van der Waals surface area contributed by atoms with E-state index in [1.165, 1.54) is 0 Å². The van der Waals surface area contributed by atoms with Gasteiger partial charge in [-0.05, 0) is 37.6 Å². The SMILES string of the molecule is CC1CCC(=O)N1c1ccc(C#N)cc1. The molecule has 1 fully saturated rings. The van der Waals surface area contributed by atoms with Crippen molar-refractivity contribution in [3.05, 3.63) is 29.8 Å². The Morgan fingerprint density at radius 2 is 2.07 bits per heavy atom. The van der Waals surface area contributed by atoms with Crippen LogP contribution in [0.5, 0.6) is 0 Å². The summed E-state index contributed by atoms with van der Waals surface area (Å²) in [5.41, 5.74) is 1.52. The van der Waals surface area contributed by atoms with Crippen LogP contribution in [0.25, 0.3) is 0 Å². The molecule has 0 saturated carbocycles. The summed E-state index contributed by atoms with van der Waals surface area (Å²) in [4.78, 5) is 13.4. The van der Waals surface area contributed by atoms with Gasteiger partial charge in [0.05, 0.1) is 11.6 Å². The summed E-state index contributed by atoms with van der Waals surface area (Å²) in [6.07, 6.45) is 1.54. The van der Waals surface area contributed by atoms with Crippen LogP contribution in [-0.2, 0) is 4.79 Å². The normalized spacial score (nSPS) is 20.4. The molecule has 1 aromatic rings. The Kier molecular flexibility index (Phi) is 2.42. The lowest BCUT2D eigenvalue weighted by Gasteiger charge is -2.21. The Morgan fingerprint density at radius 3 is 2.53 bits per heavy atom. The molecule has 15 heavy (non-hydrogen) atoms. The molecule has 1 saturated heterocycles. The van der Waals surface area contributed by atoms with E-state index in [4.69, 9.17) is 5.26 Å². The highest BCUT2D eigenvalue weighted by atomic mass is 16.2. The average molecular weight is 200 g/mol. The average Bonchev–Trinajstić information content (AvgIpc) is 2.59. The van der Waals surface area contributed by atoms with Crippen LogP contribution in [0.15, 0.2) is 24.3 Å². The molecule has 1 aliphatic rings. The maximum Gasteiger partial charge on any atom is 0.227 e. The van der Waals surface area contributed by atoms with E-state index in [2.05, 4.69) is 6.07 Å². The predicted octanol–water partition coefficient (Wildman–Crippen LogP) is 2.07. The number of hydrogen-bond donors (Lipinski definition) is 0. The largest absolute Gasteiger partial charge is 0.310 e. The third-order valence-electron chi connectivity index (χ3n) is 2.76. The number of amides is 1. The highest BCUT2D eigenvalue weighted by molar-refractivity contribution is 5.96. The van der Waals surface area contributed by atoms with Gasteiger partial charge in [-0.2, -0.15) is 5.26 Å². The first-order valence-corrected chi connectivity index (χ1v) is 5.04. The molecule has 76 valence electrons. The highest BCUT2D eigenvalue weighted by Gasteiger charge is 2.28. The van der Waals surface area contributed by atoms with Gasteiger partial charge in [0, 0.05) is 18.2 Å². The number of rotatable bonds is 1. The van der Waals surface area contributed by atoms with Gasteiger partial charge in [-0.3, -0.25) is 4.79 Å². The van der Waals surface area contributed by atoms with Crippen molar-refractivity contribution in [2.45, 2.75) is 25.8 Å². The maximum absolute atomic E-state index is 11.6. The predicted molar refractivity (Wildman–Crippen MR) is 57.3 cm³/mol. The Hall–Kier alpha value is -1.82. The van der Waals surface area contributed by atoms with Gasteiger partial charge in [0.2, 0.25) is 5.91 Å². The lowest BCUT2D eigenvalue weighted by atomic mass is 10.2. The molecule has 1 aliphatic heterocycles. The van der Waals surface area contributed by atoms with E-state index in [0.29, 0.717) is 12.0 Å². The Morgan fingerprint density at radius 1 is 1.40 bits per heavy atom. The molecule has 1 atom stereocenters. The molecule has 1 aromatic carbocycles. The smallest absolute Gasteiger partial charge is 0.227 e. The second-order valence-electron chi connectivity index (χ2n) is 3.81. The van der Waals surface area contributed by atoms with Crippen molar-refractivity contribution in [3.63, 3.8) is 0 Å². The molecule has 2 rings (SSSR count). The van der Waals surface area contributed by atoms with Crippen LogP contribution in [-0.4, -0.2) is 11.9 Å². The third kappa shape index (κ3) is 1.71. The molecular weight excluding hydrogens is 188 g/mol. The quantitative estimate of drug-likeness (QED) is 0.696. The zero-order valence-corrected chi connectivity index (χ0v) is 8.60. The molecule has 1 unspecified atom stereocenters. The van der Waals surface area contributed by atoms with Gasteiger partial charge in [0.25, 0.3) is 0 Å². The number of carbonyl (C=O) groups is 1. The van der Waals surface area contributed by atoms with Gasteiger partial charge in [0.1, 0.15) is 0 Å². The van der Waals surface area contributed by atoms with E-state index < -0.39 is 0 Å². The van der Waals surface area contributed by atoms with Crippen molar-refractivity contribution < 1.29 is 4.79 Å². The molecule has 3 heteroatoms. The molecule has 0 N–H and O–H groups in total. The minimum Gasteiger partial charge on any atom is -0.310 e. The number of anilines is 1. The maximum atomic E-state index is 11.6. The lowest BCUT2D eigenvalue weighted by molar-refractivity contribution is -0.117. The number of benzene rings is 1. The van der Waals surface area contributed by atoms with Gasteiger partial charge in [-0.1, -0.05) is 0 Å². The minimum absolute atomic E-state index is 0.173. The van der Waals surface area contributed by atoms with Crippen LogP contribution in [0.2, 0.25) is 0 Å². The first-order chi connectivity index (χ1) is 7.22. The van der Waals surface area contributed by atoms with Crippen LogP contribution in [0, 0.1) is 11.3 Å². The summed E-state index contributed by atoms with van der Waals surface area (Å²) >= 11 is 0. The summed E-state index contributed by atoms with van der Waals surface area (Å²) in [5, 5.41) is 8.67. The summed E-state index contributed by atoms with van der Waals surface area (Å²) < 4.78 is 0. The number of nitriles is 1. The van der Waals surface area contributed by atoms with Crippen LogP contribution in [0.4, 0.5) is 5.69 Å². The van der Waals surface area contributed by atoms with E-state index in [-0.39, 0.29) is 11.9 Å². The number of hydrogen-bond acceptors (Lipinski definition) is 2. The molecule has 3 nitrogen and oxygen atoms in total. The first kappa shape index (κ1) is 9.72. The minimum atomic E-state index is 0.173. The van der Waals surface area contributed by atoms with Crippen molar-refractivity contribution >= 4 is 11.6 Å². The van der Waals surface area contributed by atoms with Crippen LogP contribution < -0.4 is 4.90 Å². The standard InChI is InChI=1S/C12H12N2O/c1-9-2-7-12(15)14(9)11-5-3-10(8-13)4-6-11/h3-6,9H,2,7H2,1H3. The monoisotopic (exact) mass is 200 g/mol. The van der Waals surface area contributed by atoms with Gasteiger partial charge in [-0.15, -0.1) is 0 Å². The zero-order valence-electron chi connectivity index (χ0n) is 8.60. The fourth-order valence-electron chi connectivity index (χ4n) is 1.92. The Bertz CT molecular complexity index is 416. The van der Waals surface area contributed by atoms with E-state index in [1.807, 2.05) is 19.1 Å². The van der Waals surface area contributed by atoms with Crippen LogP contribution in [0.1, 0.15) is 25.3 Å². The Balaban J connectivity index is 2.30. The number of carbonyl (C=O) groups excluding carboxylic acids is 1. The third-order valence-corrected chi connectivity index (χ3v) is 2.76. The molecule has 1 heterocycles. The molecule has 0 aromatic heterocycles. The van der Waals surface area contributed by atoms with Gasteiger partial charge < -0.3 is 4.90 Å². The lowest BCUT2D eigenvalue weighted by Crippen LogP contribution is -2.30. The van der Waals surface area contributed by atoms with Crippen molar-refractivity contribution in [1.82, 2.24) is 0 Å². The van der Waals surface area contributed by atoms with Crippen molar-refractivity contribution in [1.29, 1.82) is 5.26 Å². The summed E-state index contributed by atoms with van der Waals surface area (Å²) in [7, 11) is 0. The highest BCUT2D eigenvalue weighted by Crippen LogP contribution is 2.26. The van der Waals surface area contributed by atoms with Crippen LogP contribution >= 0.6 is 0 Å². The van der Waals surface area contributed by atoms with Gasteiger partial charge in [-0.25, -0.2) is 0 Å². The van der Waals surface area contributed by atoms with Gasteiger partial charge in [0.15, 0.2) is 0 Å². The fourth-order valence-corrected chi connectivity index (χ4v) is 1.92. The topological polar surface area (TPSA) is 44.1 Å². The van der Waals surface area contributed by atoms with Gasteiger partial charge >= 0.3 is 0 Å².